The van der Waals surface area contributed by atoms with Crippen LogP contribution in [0.15, 0.2) is 24.3 Å². The summed E-state index contributed by atoms with van der Waals surface area (Å²) in [5.74, 6) is -0.137. The minimum atomic E-state index is -4.33. The standard InChI is InChI=1S/C70H139N2O6P/c1-6-8-10-12-14-16-18-20-22-24-26-28-30-32-33-34-35-36-37-38-39-40-42-44-46-48-50-52-54-56-58-60-62-64-70(74)71-68(67-78-79(75,76)77-66-65-72(3,4)5)69(73)63-61-59-57-55-53-51-49-47-45-43-41-31-29-27-25-23-21-19-17-15-13-11-9-7-2/h26,28,32-33,68-69,73H,6-25,27,29-31,34-67H2,1-5H3,(H-,71,74,75,76)/p+1/b28-26-,33-32-. The molecule has 470 valence electrons. The molecule has 3 unspecified atom stereocenters. The smallest absolute Gasteiger partial charge is 0.391 e. The van der Waals surface area contributed by atoms with Gasteiger partial charge in [0.1, 0.15) is 13.2 Å². The van der Waals surface area contributed by atoms with Crippen molar-refractivity contribution in [1.29, 1.82) is 0 Å². The lowest BCUT2D eigenvalue weighted by Crippen LogP contribution is -2.46. The van der Waals surface area contributed by atoms with E-state index in [1.807, 2.05) is 21.1 Å². The maximum atomic E-state index is 13.1. The topological polar surface area (TPSA) is 105 Å². The fourth-order valence-corrected chi connectivity index (χ4v) is 11.7. The summed E-state index contributed by atoms with van der Waals surface area (Å²) in [7, 11) is 1.63. The Morgan fingerprint density at radius 3 is 1.04 bits per heavy atom. The van der Waals surface area contributed by atoms with Gasteiger partial charge in [0.05, 0.1) is 39.9 Å². The highest BCUT2D eigenvalue weighted by molar-refractivity contribution is 7.47. The molecule has 0 aromatic rings. The SMILES string of the molecule is CCCCCCCCCCC/C=C\C/C=C\CCCCCCCCCCCCCCCCCCCC(=O)NC(COP(=O)(O)OCC[N+](C)(C)C)C(O)CCCCCCCCCCCCCCCCCCCCCCCCCC. The Balaban J connectivity index is 3.99. The molecule has 8 nitrogen and oxygen atoms in total. The van der Waals surface area contributed by atoms with E-state index in [1.54, 1.807) is 0 Å². The number of carbonyl (C=O) groups is 1. The number of allylic oxidation sites excluding steroid dienone is 4. The highest BCUT2D eigenvalue weighted by Gasteiger charge is 2.28. The summed E-state index contributed by atoms with van der Waals surface area (Å²) in [6.45, 7) is 4.95. The number of carbonyl (C=O) groups excluding carboxylic acids is 1. The molecule has 0 fully saturated rings. The number of rotatable bonds is 66. The Kier molecular flexibility index (Phi) is 60.7. The van der Waals surface area contributed by atoms with E-state index in [9.17, 15) is 19.4 Å². The predicted octanol–water partition coefficient (Wildman–Crippen LogP) is 22.3. The Bertz CT molecular complexity index is 1340. The molecule has 0 spiro atoms. The number of likely N-dealkylation sites (N-methyl/N-ethyl adjacent to an activating group) is 1. The first kappa shape index (κ1) is 78.0. The molecule has 9 heteroatoms. The van der Waals surface area contributed by atoms with E-state index in [0.29, 0.717) is 23.9 Å². The molecular weight excluding hydrogens is 996 g/mol. The number of nitrogens with one attached hydrogen (secondary N) is 1. The molecule has 0 saturated heterocycles. The van der Waals surface area contributed by atoms with Crippen LogP contribution in [0, 0.1) is 0 Å². The van der Waals surface area contributed by atoms with Crippen LogP contribution in [-0.4, -0.2) is 73.4 Å². The van der Waals surface area contributed by atoms with Gasteiger partial charge in [-0.2, -0.15) is 0 Å². The molecule has 0 aromatic heterocycles. The molecule has 3 atom stereocenters. The first-order valence-corrected chi connectivity index (χ1v) is 36.7. The summed E-state index contributed by atoms with van der Waals surface area (Å²) in [5.41, 5.74) is 0. The minimum Gasteiger partial charge on any atom is -0.391 e. The van der Waals surface area contributed by atoms with Crippen LogP contribution in [0.25, 0.3) is 0 Å². The lowest BCUT2D eigenvalue weighted by molar-refractivity contribution is -0.870. The molecule has 0 saturated carbocycles. The second-order valence-electron chi connectivity index (χ2n) is 25.6. The maximum absolute atomic E-state index is 13.1. The number of unbranched alkanes of at least 4 members (excludes halogenated alkanes) is 49. The van der Waals surface area contributed by atoms with Crippen LogP contribution in [0.2, 0.25) is 0 Å². The van der Waals surface area contributed by atoms with Crippen molar-refractivity contribution < 1.29 is 32.9 Å². The third kappa shape index (κ3) is 64.4. The first-order valence-electron chi connectivity index (χ1n) is 35.2. The summed E-state index contributed by atoms with van der Waals surface area (Å²) in [6.07, 6.45) is 79.9. The Hall–Kier alpha value is -1.02. The Morgan fingerprint density at radius 2 is 0.722 bits per heavy atom. The summed E-state index contributed by atoms with van der Waals surface area (Å²) in [5, 5.41) is 14.2. The molecule has 0 rings (SSSR count). The summed E-state index contributed by atoms with van der Waals surface area (Å²) in [4.78, 5) is 23.5. The molecule has 1 amide bonds. The van der Waals surface area contributed by atoms with Gasteiger partial charge < -0.3 is 19.8 Å². The number of nitrogens with zero attached hydrogens (tertiary/aromatic N) is 1. The van der Waals surface area contributed by atoms with Gasteiger partial charge in [-0.05, 0) is 44.9 Å². The number of aliphatic hydroxyl groups is 1. The zero-order valence-corrected chi connectivity index (χ0v) is 54.8. The van der Waals surface area contributed by atoms with E-state index in [0.717, 1.165) is 44.9 Å². The predicted molar refractivity (Wildman–Crippen MR) is 346 cm³/mol. The number of phosphoric ester groups is 1. The Morgan fingerprint density at radius 1 is 0.430 bits per heavy atom. The molecular formula is C70H140N2O6P+. The van der Waals surface area contributed by atoms with Crippen molar-refractivity contribution in [2.45, 2.75) is 379 Å². The van der Waals surface area contributed by atoms with E-state index in [1.165, 1.54) is 295 Å². The van der Waals surface area contributed by atoms with Crippen LogP contribution in [-0.2, 0) is 18.4 Å². The third-order valence-corrected chi connectivity index (χ3v) is 17.4. The number of amides is 1. The normalized spacial score (nSPS) is 13.8. The number of aliphatic hydroxyl groups excluding tert-OH is 1. The van der Waals surface area contributed by atoms with E-state index in [2.05, 4.69) is 43.5 Å². The monoisotopic (exact) mass is 1140 g/mol. The van der Waals surface area contributed by atoms with Crippen molar-refractivity contribution in [1.82, 2.24) is 5.32 Å². The second kappa shape index (κ2) is 61.5. The van der Waals surface area contributed by atoms with Crippen LogP contribution < -0.4 is 5.32 Å². The van der Waals surface area contributed by atoms with Crippen molar-refractivity contribution in [3.8, 4) is 0 Å². The summed E-state index contributed by atoms with van der Waals surface area (Å²) >= 11 is 0. The van der Waals surface area contributed by atoms with Gasteiger partial charge >= 0.3 is 7.82 Å². The van der Waals surface area contributed by atoms with Gasteiger partial charge in [-0.3, -0.25) is 13.8 Å². The van der Waals surface area contributed by atoms with Crippen LogP contribution >= 0.6 is 7.82 Å². The molecule has 0 bridgehead atoms. The van der Waals surface area contributed by atoms with E-state index in [-0.39, 0.29) is 19.1 Å². The van der Waals surface area contributed by atoms with Crippen molar-refractivity contribution in [3.05, 3.63) is 24.3 Å². The lowest BCUT2D eigenvalue weighted by atomic mass is 10.0. The van der Waals surface area contributed by atoms with Crippen LogP contribution in [0.3, 0.4) is 0 Å². The number of quaternary nitrogens is 1. The summed E-state index contributed by atoms with van der Waals surface area (Å²) in [6, 6.07) is -0.760. The zero-order chi connectivity index (χ0) is 57.7. The van der Waals surface area contributed by atoms with Gasteiger partial charge in [-0.1, -0.05) is 340 Å². The molecule has 0 aliphatic heterocycles. The summed E-state index contributed by atoms with van der Waals surface area (Å²) < 4.78 is 23.9. The molecule has 0 heterocycles. The number of phosphoric acid groups is 1. The van der Waals surface area contributed by atoms with Crippen LogP contribution in [0.4, 0.5) is 0 Å². The zero-order valence-electron chi connectivity index (χ0n) is 53.9. The van der Waals surface area contributed by atoms with Crippen molar-refractivity contribution in [3.63, 3.8) is 0 Å². The molecule has 0 aliphatic rings. The average molecular weight is 1140 g/mol. The minimum absolute atomic E-state index is 0.0772. The van der Waals surface area contributed by atoms with Crippen LogP contribution in [0.5, 0.6) is 0 Å². The van der Waals surface area contributed by atoms with Gasteiger partial charge in [0.25, 0.3) is 0 Å². The number of hydrogen-bond acceptors (Lipinski definition) is 5. The first-order chi connectivity index (χ1) is 38.5. The fraction of sp³-hybridized carbons (Fsp3) is 0.929. The quantitative estimate of drug-likeness (QED) is 0.0243. The van der Waals surface area contributed by atoms with Crippen molar-refractivity contribution >= 4 is 13.7 Å². The Labute approximate surface area is 494 Å². The highest BCUT2D eigenvalue weighted by Crippen LogP contribution is 2.43. The molecule has 0 aliphatic carbocycles. The van der Waals surface area contributed by atoms with E-state index < -0.39 is 20.0 Å². The third-order valence-electron chi connectivity index (χ3n) is 16.5. The highest BCUT2D eigenvalue weighted by atomic mass is 31.2. The van der Waals surface area contributed by atoms with E-state index in [4.69, 9.17) is 9.05 Å². The second-order valence-corrected chi connectivity index (χ2v) is 27.1. The molecule has 3 N–H and O–H groups in total. The van der Waals surface area contributed by atoms with Crippen molar-refractivity contribution in [2.75, 3.05) is 40.9 Å². The average Bonchev–Trinajstić information content (AvgIpc) is 3.42. The van der Waals surface area contributed by atoms with Crippen LogP contribution in [0.1, 0.15) is 367 Å². The largest absolute Gasteiger partial charge is 0.472 e. The molecule has 0 aromatic carbocycles. The lowest BCUT2D eigenvalue weighted by Gasteiger charge is -2.26. The maximum Gasteiger partial charge on any atom is 0.472 e. The molecule has 79 heavy (non-hydrogen) atoms. The van der Waals surface area contributed by atoms with Gasteiger partial charge in [-0.15, -0.1) is 0 Å². The molecule has 0 radical (unpaired) electrons. The van der Waals surface area contributed by atoms with Crippen molar-refractivity contribution in [2.24, 2.45) is 0 Å². The van der Waals surface area contributed by atoms with Gasteiger partial charge in [0, 0.05) is 6.42 Å². The van der Waals surface area contributed by atoms with Gasteiger partial charge in [-0.25, -0.2) is 4.57 Å². The van der Waals surface area contributed by atoms with Gasteiger partial charge in [0.2, 0.25) is 5.91 Å². The number of hydrogen-bond donors (Lipinski definition) is 3. The van der Waals surface area contributed by atoms with Gasteiger partial charge in [0.15, 0.2) is 0 Å². The fourth-order valence-electron chi connectivity index (χ4n) is 11.0. The van der Waals surface area contributed by atoms with E-state index >= 15 is 0 Å².